The molecular formula is C19H23NO6. The zero-order chi connectivity index (χ0) is 19.4. The number of H-pyrrole nitrogens is 1. The Labute approximate surface area is 152 Å². The summed E-state index contributed by atoms with van der Waals surface area (Å²) in [6.45, 7) is 3.33. The van der Waals surface area contributed by atoms with E-state index in [1.165, 1.54) is 35.4 Å². The number of aromatic nitrogens is 1. The number of ketones is 1. The highest BCUT2D eigenvalue weighted by atomic mass is 16.5. The average molecular weight is 361 g/mol. The SMILES string of the molecule is CCc1[nH]c(C(=O)OC)c(C(C)=O)c1-c1ccc(OC)c(OC)c1OC. The van der Waals surface area contributed by atoms with E-state index < -0.39 is 5.97 Å². The Kier molecular flexibility index (Phi) is 5.92. The summed E-state index contributed by atoms with van der Waals surface area (Å²) in [5, 5.41) is 0. The number of methoxy groups -OCH3 is 4. The molecule has 2 rings (SSSR count). The number of aryl methyl sites for hydroxylation is 1. The number of nitrogens with one attached hydrogen (secondary N) is 1. The molecule has 0 amide bonds. The minimum absolute atomic E-state index is 0.128. The minimum atomic E-state index is -0.601. The molecule has 0 unspecified atom stereocenters. The Morgan fingerprint density at radius 3 is 2.12 bits per heavy atom. The lowest BCUT2D eigenvalue weighted by atomic mass is 9.95. The van der Waals surface area contributed by atoms with Crippen LogP contribution >= 0.6 is 0 Å². The molecule has 0 aliphatic heterocycles. The van der Waals surface area contributed by atoms with Gasteiger partial charge in [0.25, 0.3) is 0 Å². The number of esters is 1. The first kappa shape index (κ1) is 19.4. The highest BCUT2D eigenvalue weighted by molar-refractivity contribution is 6.10. The third kappa shape index (κ3) is 3.12. The van der Waals surface area contributed by atoms with Gasteiger partial charge in [-0.25, -0.2) is 4.79 Å². The summed E-state index contributed by atoms with van der Waals surface area (Å²) in [6, 6.07) is 3.50. The second-order valence-electron chi connectivity index (χ2n) is 5.51. The van der Waals surface area contributed by atoms with Crippen LogP contribution in [0.2, 0.25) is 0 Å². The summed E-state index contributed by atoms with van der Waals surface area (Å²) < 4.78 is 21.1. The second-order valence-corrected chi connectivity index (χ2v) is 5.51. The van der Waals surface area contributed by atoms with Crippen LogP contribution in [-0.2, 0) is 11.2 Å². The smallest absolute Gasteiger partial charge is 0.355 e. The molecule has 0 bridgehead atoms. The van der Waals surface area contributed by atoms with E-state index in [9.17, 15) is 9.59 Å². The maximum absolute atomic E-state index is 12.4. The topological polar surface area (TPSA) is 86.9 Å². The van der Waals surface area contributed by atoms with Gasteiger partial charge in [0.05, 0.1) is 34.0 Å². The first-order valence-electron chi connectivity index (χ1n) is 8.08. The number of rotatable bonds is 7. The van der Waals surface area contributed by atoms with Gasteiger partial charge >= 0.3 is 5.97 Å². The van der Waals surface area contributed by atoms with Crippen LogP contribution in [0.1, 0.15) is 40.4 Å². The van der Waals surface area contributed by atoms with Crippen LogP contribution in [0.25, 0.3) is 11.1 Å². The van der Waals surface area contributed by atoms with Crippen molar-refractivity contribution in [3.8, 4) is 28.4 Å². The third-order valence-corrected chi connectivity index (χ3v) is 4.15. The van der Waals surface area contributed by atoms with Gasteiger partial charge in [0.1, 0.15) is 5.69 Å². The van der Waals surface area contributed by atoms with E-state index in [1.807, 2.05) is 6.92 Å². The van der Waals surface area contributed by atoms with Crippen LogP contribution in [-0.4, -0.2) is 45.2 Å². The highest BCUT2D eigenvalue weighted by Crippen LogP contribution is 2.46. The van der Waals surface area contributed by atoms with Gasteiger partial charge in [-0.3, -0.25) is 4.79 Å². The molecule has 1 aromatic heterocycles. The molecule has 1 N–H and O–H groups in total. The van der Waals surface area contributed by atoms with Gasteiger partial charge in [-0.05, 0) is 25.5 Å². The van der Waals surface area contributed by atoms with Crippen molar-refractivity contribution in [2.24, 2.45) is 0 Å². The Morgan fingerprint density at radius 1 is 1.00 bits per heavy atom. The second kappa shape index (κ2) is 7.95. The summed E-state index contributed by atoms with van der Waals surface area (Å²) in [4.78, 5) is 27.5. The number of aromatic amines is 1. The zero-order valence-corrected chi connectivity index (χ0v) is 15.8. The molecule has 0 spiro atoms. The van der Waals surface area contributed by atoms with Gasteiger partial charge in [-0.2, -0.15) is 0 Å². The Hall–Kier alpha value is -2.96. The minimum Gasteiger partial charge on any atom is -0.493 e. The number of hydrogen-bond acceptors (Lipinski definition) is 6. The molecule has 2 aromatic rings. The van der Waals surface area contributed by atoms with Crippen molar-refractivity contribution in [3.05, 3.63) is 29.1 Å². The fourth-order valence-corrected chi connectivity index (χ4v) is 3.02. The number of carbonyl (C=O) groups excluding carboxylic acids is 2. The molecular weight excluding hydrogens is 338 g/mol. The first-order valence-corrected chi connectivity index (χ1v) is 8.08. The molecule has 0 atom stereocenters. The standard InChI is InChI=1S/C19H23NO6/c1-7-12-15(14(10(2)21)16(20-12)19(22)26-6)11-8-9-13(23-3)18(25-5)17(11)24-4/h8-9,20H,7H2,1-6H3. The predicted molar refractivity (Wildman–Crippen MR) is 96.6 cm³/mol. The van der Waals surface area contributed by atoms with Crippen molar-refractivity contribution in [3.63, 3.8) is 0 Å². The average Bonchev–Trinajstić information content (AvgIpc) is 3.05. The summed E-state index contributed by atoms with van der Waals surface area (Å²) in [7, 11) is 5.82. The van der Waals surface area contributed by atoms with E-state index in [-0.39, 0.29) is 17.0 Å². The van der Waals surface area contributed by atoms with Gasteiger partial charge in [-0.1, -0.05) is 6.92 Å². The monoisotopic (exact) mass is 361 g/mol. The summed E-state index contributed by atoms with van der Waals surface area (Å²) in [5.41, 5.74) is 2.33. The molecule has 0 radical (unpaired) electrons. The molecule has 26 heavy (non-hydrogen) atoms. The number of ether oxygens (including phenoxy) is 4. The predicted octanol–water partition coefficient (Wildman–Crippen LogP) is 3.26. The lowest BCUT2D eigenvalue weighted by Crippen LogP contribution is -2.08. The summed E-state index contributed by atoms with van der Waals surface area (Å²) >= 11 is 0. The van der Waals surface area contributed by atoms with E-state index in [1.54, 1.807) is 12.1 Å². The maximum Gasteiger partial charge on any atom is 0.355 e. The fraction of sp³-hybridized carbons (Fsp3) is 0.368. The van der Waals surface area contributed by atoms with Crippen LogP contribution in [0, 0.1) is 0 Å². The van der Waals surface area contributed by atoms with Crippen LogP contribution in [0.5, 0.6) is 17.2 Å². The van der Waals surface area contributed by atoms with Crippen LogP contribution in [0.4, 0.5) is 0 Å². The number of Topliss-reactive ketones (excluding diaryl/α,β-unsaturated/α-hetero) is 1. The van der Waals surface area contributed by atoms with Gasteiger partial charge in [-0.15, -0.1) is 0 Å². The maximum atomic E-state index is 12.4. The molecule has 0 aliphatic rings. The molecule has 7 nitrogen and oxygen atoms in total. The summed E-state index contributed by atoms with van der Waals surface area (Å²) in [6.07, 6.45) is 0.574. The number of benzene rings is 1. The van der Waals surface area contributed by atoms with Crippen LogP contribution < -0.4 is 14.2 Å². The lowest BCUT2D eigenvalue weighted by molar-refractivity contribution is 0.0591. The Morgan fingerprint density at radius 2 is 1.65 bits per heavy atom. The quantitative estimate of drug-likeness (QED) is 0.602. The van der Waals surface area contributed by atoms with Crippen molar-refractivity contribution in [1.29, 1.82) is 0 Å². The molecule has 7 heteroatoms. The van der Waals surface area contributed by atoms with Crippen LogP contribution in [0.3, 0.4) is 0 Å². The van der Waals surface area contributed by atoms with E-state index in [2.05, 4.69) is 4.98 Å². The van der Waals surface area contributed by atoms with Gasteiger partial charge in [0.2, 0.25) is 5.75 Å². The molecule has 0 aliphatic carbocycles. The Balaban J connectivity index is 2.90. The van der Waals surface area contributed by atoms with E-state index in [0.717, 1.165) is 5.69 Å². The fourth-order valence-electron chi connectivity index (χ4n) is 3.02. The van der Waals surface area contributed by atoms with E-state index >= 15 is 0 Å². The third-order valence-electron chi connectivity index (χ3n) is 4.15. The first-order chi connectivity index (χ1) is 12.4. The molecule has 0 saturated heterocycles. The lowest BCUT2D eigenvalue weighted by Gasteiger charge is -2.17. The molecule has 140 valence electrons. The van der Waals surface area contributed by atoms with Crippen molar-refractivity contribution in [1.82, 2.24) is 4.98 Å². The van der Waals surface area contributed by atoms with Crippen molar-refractivity contribution in [2.75, 3.05) is 28.4 Å². The van der Waals surface area contributed by atoms with Gasteiger partial charge < -0.3 is 23.9 Å². The largest absolute Gasteiger partial charge is 0.493 e. The van der Waals surface area contributed by atoms with Crippen molar-refractivity contribution in [2.45, 2.75) is 20.3 Å². The van der Waals surface area contributed by atoms with Crippen molar-refractivity contribution < 1.29 is 28.5 Å². The van der Waals surface area contributed by atoms with E-state index in [4.69, 9.17) is 18.9 Å². The number of hydrogen-bond donors (Lipinski definition) is 1. The van der Waals surface area contributed by atoms with Crippen LogP contribution in [0.15, 0.2) is 12.1 Å². The molecule has 1 heterocycles. The number of carbonyl (C=O) groups is 2. The highest BCUT2D eigenvalue weighted by Gasteiger charge is 2.29. The van der Waals surface area contributed by atoms with Gasteiger partial charge in [0, 0.05) is 16.8 Å². The van der Waals surface area contributed by atoms with Crippen molar-refractivity contribution >= 4 is 11.8 Å². The van der Waals surface area contributed by atoms with Gasteiger partial charge in [0.15, 0.2) is 17.3 Å². The summed E-state index contributed by atoms with van der Waals surface area (Å²) in [5.74, 6) is 0.465. The molecule has 1 aromatic carbocycles. The molecule has 0 fully saturated rings. The van der Waals surface area contributed by atoms with E-state index in [0.29, 0.717) is 34.8 Å². The Bertz CT molecular complexity index is 837. The normalized spacial score (nSPS) is 10.4. The zero-order valence-electron chi connectivity index (χ0n) is 15.8. The molecule has 0 saturated carbocycles.